The van der Waals surface area contributed by atoms with Gasteiger partial charge in [0.05, 0.1) is 24.7 Å². The molecule has 10 atom stereocenters. The third-order valence-corrected chi connectivity index (χ3v) is 9.90. The van der Waals surface area contributed by atoms with Gasteiger partial charge in [-0.15, -0.1) is 0 Å². The number of hydrogen-bond donors (Lipinski definition) is 2. The van der Waals surface area contributed by atoms with Crippen LogP contribution in [0.2, 0.25) is 0 Å². The minimum absolute atomic E-state index is 0.00718. The third kappa shape index (κ3) is 5.56. The summed E-state index contributed by atoms with van der Waals surface area (Å²) in [6, 6.07) is 0. The van der Waals surface area contributed by atoms with Gasteiger partial charge in [0.1, 0.15) is 17.6 Å². The van der Waals surface area contributed by atoms with E-state index in [1.807, 2.05) is 19.9 Å². The predicted molar refractivity (Wildman–Crippen MR) is 153 cm³/mol. The number of rotatable bonds is 2. The van der Waals surface area contributed by atoms with Crippen LogP contribution in [0.15, 0.2) is 47.1 Å². The minimum Gasteiger partial charge on any atom is -0.481 e. The Morgan fingerprint density at radius 1 is 1.14 bits per heavy atom. The average Bonchev–Trinajstić information content (AvgIpc) is 3.27. The Morgan fingerprint density at radius 3 is 2.62 bits per heavy atom. The van der Waals surface area contributed by atoms with Crippen molar-refractivity contribution in [3.05, 3.63) is 47.1 Å². The summed E-state index contributed by atoms with van der Waals surface area (Å²) in [6.45, 7) is 9.48. The molecule has 1 spiro atoms. The second kappa shape index (κ2) is 11.8. The summed E-state index contributed by atoms with van der Waals surface area (Å²) in [5.74, 6) is -4.75. The van der Waals surface area contributed by atoms with E-state index in [4.69, 9.17) is 18.9 Å². The van der Waals surface area contributed by atoms with Gasteiger partial charge in [-0.2, -0.15) is 0 Å². The third-order valence-electron chi connectivity index (χ3n) is 9.90. The van der Waals surface area contributed by atoms with Crippen molar-refractivity contribution >= 4 is 17.7 Å². The molecule has 3 saturated heterocycles. The second-order valence-corrected chi connectivity index (χ2v) is 12.9. The van der Waals surface area contributed by atoms with Crippen LogP contribution in [-0.2, 0) is 33.3 Å². The zero-order chi connectivity index (χ0) is 30.4. The summed E-state index contributed by atoms with van der Waals surface area (Å²) in [6.07, 6.45) is 9.92. The molecule has 42 heavy (non-hydrogen) atoms. The fourth-order valence-corrected chi connectivity index (χ4v) is 7.46. The molecule has 230 valence electrons. The quantitative estimate of drug-likeness (QED) is 0.357. The molecule has 0 aromatic heterocycles. The van der Waals surface area contributed by atoms with Gasteiger partial charge in [0, 0.05) is 19.3 Å². The Kier molecular flexibility index (Phi) is 8.69. The van der Waals surface area contributed by atoms with E-state index in [-0.39, 0.29) is 30.5 Å². The molecule has 1 aliphatic carbocycles. The van der Waals surface area contributed by atoms with E-state index in [0.717, 1.165) is 12.8 Å². The number of aliphatic hydroxyl groups is 1. The number of carboxylic acids is 1. The van der Waals surface area contributed by atoms with E-state index in [2.05, 4.69) is 13.8 Å². The summed E-state index contributed by atoms with van der Waals surface area (Å²) in [5.41, 5.74) is -0.486. The first kappa shape index (κ1) is 30.9. The van der Waals surface area contributed by atoms with Gasteiger partial charge < -0.3 is 29.2 Å². The molecular formula is C33H44O9. The van der Waals surface area contributed by atoms with Gasteiger partial charge in [0.25, 0.3) is 0 Å². The highest BCUT2D eigenvalue weighted by atomic mass is 16.7. The fraction of sp³-hybridized carbons (Fsp3) is 0.667. The molecule has 4 aliphatic heterocycles. The molecule has 9 heteroatoms. The van der Waals surface area contributed by atoms with E-state index in [1.165, 1.54) is 6.08 Å². The highest BCUT2D eigenvalue weighted by Crippen LogP contribution is 2.46. The van der Waals surface area contributed by atoms with Gasteiger partial charge in [0.2, 0.25) is 0 Å². The number of ketones is 1. The van der Waals surface area contributed by atoms with Crippen LogP contribution < -0.4 is 0 Å². The van der Waals surface area contributed by atoms with E-state index in [9.17, 15) is 24.6 Å². The molecule has 0 unspecified atom stereocenters. The summed E-state index contributed by atoms with van der Waals surface area (Å²) in [7, 11) is 0. The number of allylic oxidation sites excluding steroid dienone is 3. The number of ether oxygens (including phenoxy) is 4. The number of carbonyl (C=O) groups is 3. The maximum atomic E-state index is 13.9. The molecule has 0 amide bonds. The maximum Gasteiger partial charge on any atom is 0.316 e. The monoisotopic (exact) mass is 584 g/mol. The van der Waals surface area contributed by atoms with E-state index < -0.39 is 47.4 Å². The lowest BCUT2D eigenvalue weighted by Crippen LogP contribution is -2.57. The Labute approximate surface area is 247 Å². The van der Waals surface area contributed by atoms with E-state index >= 15 is 0 Å². The zero-order valence-electron chi connectivity index (χ0n) is 25.2. The molecule has 5 rings (SSSR count). The van der Waals surface area contributed by atoms with Gasteiger partial charge in [-0.3, -0.25) is 14.4 Å². The Balaban J connectivity index is 1.57. The van der Waals surface area contributed by atoms with Crippen LogP contribution >= 0.6 is 0 Å². The van der Waals surface area contributed by atoms with Crippen LogP contribution in [0.1, 0.15) is 73.1 Å². The molecular weight excluding hydrogens is 540 g/mol. The van der Waals surface area contributed by atoms with Crippen molar-refractivity contribution in [2.75, 3.05) is 6.61 Å². The van der Waals surface area contributed by atoms with Gasteiger partial charge in [-0.1, -0.05) is 56.7 Å². The molecule has 0 aromatic rings. The van der Waals surface area contributed by atoms with Crippen molar-refractivity contribution in [3.63, 3.8) is 0 Å². The fourth-order valence-electron chi connectivity index (χ4n) is 7.46. The van der Waals surface area contributed by atoms with Crippen LogP contribution in [-0.4, -0.2) is 70.3 Å². The summed E-state index contributed by atoms with van der Waals surface area (Å²) in [4.78, 5) is 39.2. The topological polar surface area (TPSA) is 129 Å². The van der Waals surface area contributed by atoms with E-state index in [0.29, 0.717) is 48.3 Å². The Bertz CT molecular complexity index is 1230. The van der Waals surface area contributed by atoms with Crippen LogP contribution in [0.4, 0.5) is 0 Å². The standard InChI is InChI=1S/C33H44O9/c1-6-26-18(2)12-13-32(42-26)16-24-15-23(41-32)11-10-20(4)27(30(35)36)19(3)8-7-9-22-17-39-29-28(34)21(5)14-25(31(37)40-24)33(22,29)38/h7-10,14,18-19,23-27,29,38H,6,11-13,15-17H2,1-5H3,(H,35,36)/b8-7+,20-10+,22-9+/t18-,19-,23+,24-,25-,26+,27+,29+,32+,33+/m0/s1. The highest BCUT2D eigenvalue weighted by molar-refractivity contribution is 6.03. The number of esters is 1. The molecule has 5 aliphatic rings. The number of hydrogen-bond acceptors (Lipinski definition) is 8. The lowest BCUT2D eigenvalue weighted by molar-refractivity contribution is -0.335. The Morgan fingerprint density at radius 2 is 1.90 bits per heavy atom. The Hall–Kier alpha value is -2.59. The zero-order valence-corrected chi connectivity index (χ0v) is 25.2. The van der Waals surface area contributed by atoms with Crippen molar-refractivity contribution in [1.29, 1.82) is 0 Å². The molecule has 0 saturated carbocycles. The lowest BCUT2D eigenvalue weighted by atomic mass is 9.71. The number of carbonyl (C=O) groups excluding carboxylic acids is 2. The van der Waals surface area contributed by atoms with Crippen LogP contribution in [0.25, 0.3) is 0 Å². The molecule has 4 heterocycles. The van der Waals surface area contributed by atoms with Crippen molar-refractivity contribution < 1.29 is 43.5 Å². The van der Waals surface area contributed by atoms with Crippen LogP contribution in [0.3, 0.4) is 0 Å². The SMILES string of the molecule is CC[C@H]1O[C@]2(CC[C@@H]1C)C[C@@H]1C[C@@H](C/C=C(\C)[C@H](C(=O)O)[C@@H](C)/C=C/C=C3\CO[C@@H]4C(=O)C(C)=C[C@@H](C(=O)O1)[C@]34O)O2. The number of Topliss-reactive ketones (excluding diaryl/α,β-unsaturated/α-hetero) is 1. The van der Waals surface area contributed by atoms with Crippen molar-refractivity contribution in [1.82, 2.24) is 0 Å². The molecule has 0 radical (unpaired) electrons. The lowest BCUT2D eigenvalue weighted by Gasteiger charge is -2.49. The van der Waals surface area contributed by atoms with Crippen molar-refractivity contribution in [2.24, 2.45) is 23.7 Å². The first-order chi connectivity index (χ1) is 19.9. The van der Waals surface area contributed by atoms with Crippen LogP contribution in [0, 0.1) is 23.7 Å². The highest BCUT2D eigenvalue weighted by Gasteiger charge is 2.60. The molecule has 9 nitrogen and oxygen atoms in total. The first-order valence-corrected chi connectivity index (χ1v) is 15.3. The van der Waals surface area contributed by atoms with Gasteiger partial charge >= 0.3 is 11.9 Å². The van der Waals surface area contributed by atoms with Crippen molar-refractivity contribution in [2.45, 2.75) is 109 Å². The number of carboxylic acid groups (broad SMARTS) is 1. The predicted octanol–water partition coefficient (Wildman–Crippen LogP) is 4.44. The van der Waals surface area contributed by atoms with Gasteiger partial charge in [-0.25, -0.2) is 0 Å². The minimum atomic E-state index is -1.91. The summed E-state index contributed by atoms with van der Waals surface area (Å²) < 4.78 is 25.1. The molecule has 0 aromatic carbocycles. The normalized spacial score (nSPS) is 46.0. The van der Waals surface area contributed by atoms with Gasteiger partial charge in [0.15, 0.2) is 17.7 Å². The van der Waals surface area contributed by atoms with Crippen molar-refractivity contribution in [3.8, 4) is 0 Å². The average molecular weight is 585 g/mol. The summed E-state index contributed by atoms with van der Waals surface area (Å²) in [5, 5.41) is 22.1. The number of aliphatic carboxylic acids is 1. The smallest absolute Gasteiger partial charge is 0.316 e. The summed E-state index contributed by atoms with van der Waals surface area (Å²) >= 11 is 0. The molecule has 2 bridgehead atoms. The maximum absolute atomic E-state index is 13.9. The molecule has 3 fully saturated rings. The second-order valence-electron chi connectivity index (χ2n) is 12.9. The largest absolute Gasteiger partial charge is 0.481 e. The number of fused-ring (bicyclic) bond motifs is 2. The van der Waals surface area contributed by atoms with E-state index in [1.54, 1.807) is 25.2 Å². The van der Waals surface area contributed by atoms with Crippen LogP contribution in [0.5, 0.6) is 0 Å². The first-order valence-electron chi connectivity index (χ1n) is 15.3. The molecule has 2 N–H and O–H groups in total. The van der Waals surface area contributed by atoms with Gasteiger partial charge in [-0.05, 0) is 56.1 Å².